The second-order valence-electron chi connectivity index (χ2n) is 3.73. The van der Waals surface area contributed by atoms with Gasteiger partial charge in [0.15, 0.2) is 0 Å². The molecule has 0 aliphatic heterocycles. The molecule has 5 heteroatoms. The summed E-state index contributed by atoms with van der Waals surface area (Å²) >= 11 is -0.0144. The molecule has 0 aromatic rings. The molecule has 0 spiro atoms. The lowest BCUT2D eigenvalue weighted by Crippen LogP contribution is -2.23. The fourth-order valence-corrected chi connectivity index (χ4v) is 2.06. The number of aliphatic hydroxyl groups excluding tert-OH is 1. The quantitative estimate of drug-likeness (QED) is 0.782. The van der Waals surface area contributed by atoms with Crippen LogP contribution in [0.1, 0.15) is 27.2 Å². The summed E-state index contributed by atoms with van der Waals surface area (Å²) in [5, 5.41) is 9.32. The van der Waals surface area contributed by atoms with Gasteiger partial charge in [0.05, 0.1) is 6.10 Å². The predicted molar refractivity (Wildman–Crippen MR) is 53.1 cm³/mol. The lowest BCUT2D eigenvalue weighted by atomic mass is 9.89. The normalized spacial score (nSPS) is 17.1. The standard InChI is InChI=1S/C9H17F3OS/c1-6(2)8(7(3)13)4-5-14-9(10,11)12/h6-8,13H,4-5H2,1-3H3. The maximum Gasteiger partial charge on any atom is 0.441 e. The third-order valence-electron chi connectivity index (χ3n) is 2.19. The minimum Gasteiger partial charge on any atom is -0.393 e. The van der Waals surface area contributed by atoms with Gasteiger partial charge < -0.3 is 5.11 Å². The number of hydrogen-bond acceptors (Lipinski definition) is 2. The van der Waals surface area contributed by atoms with Gasteiger partial charge in [-0.15, -0.1) is 0 Å². The van der Waals surface area contributed by atoms with Gasteiger partial charge in [0.2, 0.25) is 0 Å². The Labute approximate surface area is 87.1 Å². The Bertz CT molecular complexity index is 149. The summed E-state index contributed by atoms with van der Waals surface area (Å²) in [7, 11) is 0. The van der Waals surface area contributed by atoms with Crippen LogP contribution in [-0.2, 0) is 0 Å². The van der Waals surface area contributed by atoms with E-state index in [0.29, 0.717) is 6.42 Å². The van der Waals surface area contributed by atoms with Gasteiger partial charge >= 0.3 is 5.51 Å². The SMILES string of the molecule is CC(C)C(CCSC(F)(F)F)C(C)O. The summed E-state index contributed by atoms with van der Waals surface area (Å²) in [6.07, 6.45) is -0.136. The van der Waals surface area contributed by atoms with E-state index in [2.05, 4.69) is 0 Å². The molecule has 0 saturated carbocycles. The van der Waals surface area contributed by atoms with Crippen molar-refractivity contribution < 1.29 is 18.3 Å². The van der Waals surface area contributed by atoms with Gasteiger partial charge in [-0.2, -0.15) is 13.2 Å². The van der Waals surface area contributed by atoms with Crippen molar-refractivity contribution in [3.63, 3.8) is 0 Å². The first-order chi connectivity index (χ1) is 6.24. The van der Waals surface area contributed by atoms with Crippen LogP contribution < -0.4 is 0 Å². The molecule has 86 valence electrons. The number of hydrogen-bond donors (Lipinski definition) is 1. The molecule has 14 heavy (non-hydrogen) atoms. The molecule has 0 fully saturated rings. The first-order valence-electron chi connectivity index (χ1n) is 4.62. The van der Waals surface area contributed by atoms with Gasteiger partial charge in [-0.3, -0.25) is 0 Å². The molecule has 2 atom stereocenters. The third-order valence-corrected chi connectivity index (χ3v) is 2.96. The molecule has 0 aliphatic rings. The van der Waals surface area contributed by atoms with E-state index < -0.39 is 11.6 Å². The fourth-order valence-electron chi connectivity index (χ4n) is 1.44. The van der Waals surface area contributed by atoms with Gasteiger partial charge in [-0.1, -0.05) is 25.6 Å². The minimum absolute atomic E-state index is 0.0144. The van der Waals surface area contributed by atoms with E-state index in [9.17, 15) is 18.3 Å². The van der Waals surface area contributed by atoms with E-state index in [-0.39, 0.29) is 29.4 Å². The Balaban J connectivity index is 3.84. The molecular weight excluding hydrogens is 213 g/mol. The zero-order valence-electron chi connectivity index (χ0n) is 8.64. The lowest BCUT2D eigenvalue weighted by Gasteiger charge is -2.23. The monoisotopic (exact) mass is 230 g/mol. The smallest absolute Gasteiger partial charge is 0.393 e. The molecule has 0 saturated heterocycles. The highest BCUT2D eigenvalue weighted by Crippen LogP contribution is 2.32. The average molecular weight is 230 g/mol. The Morgan fingerprint density at radius 1 is 1.21 bits per heavy atom. The predicted octanol–water partition coefficient (Wildman–Crippen LogP) is 3.28. The van der Waals surface area contributed by atoms with Crippen LogP contribution in [0.5, 0.6) is 0 Å². The molecule has 0 aromatic heterocycles. The summed E-state index contributed by atoms with van der Waals surface area (Å²) in [5.74, 6) is 0.186. The van der Waals surface area contributed by atoms with Crippen LogP contribution in [0.15, 0.2) is 0 Å². The van der Waals surface area contributed by atoms with Crippen LogP contribution >= 0.6 is 11.8 Å². The Morgan fingerprint density at radius 2 is 1.71 bits per heavy atom. The summed E-state index contributed by atoms with van der Waals surface area (Å²) in [6.45, 7) is 5.45. The van der Waals surface area contributed by atoms with Crippen LogP contribution in [0.25, 0.3) is 0 Å². The second kappa shape index (κ2) is 5.85. The van der Waals surface area contributed by atoms with Gasteiger partial charge in [0.1, 0.15) is 0 Å². The molecule has 0 bridgehead atoms. The van der Waals surface area contributed by atoms with Crippen molar-refractivity contribution in [1.29, 1.82) is 0 Å². The molecule has 0 aliphatic carbocycles. The zero-order valence-corrected chi connectivity index (χ0v) is 9.45. The number of thioether (sulfide) groups is 1. The first-order valence-corrected chi connectivity index (χ1v) is 5.61. The van der Waals surface area contributed by atoms with Crippen LogP contribution in [-0.4, -0.2) is 22.5 Å². The molecular formula is C9H17F3OS. The van der Waals surface area contributed by atoms with Crippen molar-refractivity contribution in [1.82, 2.24) is 0 Å². The average Bonchev–Trinajstić information content (AvgIpc) is 1.94. The molecule has 0 rings (SSSR count). The van der Waals surface area contributed by atoms with Gasteiger partial charge in [-0.25, -0.2) is 0 Å². The topological polar surface area (TPSA) is 20.2 Å². The maximum atomic E-state index is 11.8. The summed E-state index contributed by atoms with van der Waals surface area (Å²) in [5.41, 5.74) is -4.15. The van der Waals surface area contributed by atoms with E-state index in [4.69, 9.17) is 0 Å². The van der Waals surface area contributed by atoms with Gasteiger partial charge in [0.25, 0.3) is 0 Å². The molecule has 0 aromatic carbocycles. The van der Waals surface area contributed by atoms with Crippen LogP contribution in [0.4, 0.5) is 13.2 Å². The summed E-state index contributed by atoms with van der Waals surface area (Å²) in [4.78, 5) is 0. The van der Waals surface area contributed by atoms with E-state index in [0.717, 1.165) is 0 Å². The number of aliphatic hydroxyl groups is 1. The van der Waals surface area contributed by atoms with Crippen LogP contribution in [0.3, 0.4) is 0 Å². The Morgan fingerprint density at radius 3 is 2.00 bits per heavy atom. The molecule has 0 heterocycles. The lowest BCUT2D eigenvalue weighted by molar-refractivity contribution is -0.0330. The number of alkyl halides is 3. The summed E-state index contributed by atoms with van der Waals surface area (Å²) < 4.78 is 35.4. The molecule has 2 unspecified atom stereocenters. The largest absolute Gasteiger partial charge is 0.441 e. The molecule has 0 amide bonds. The number of halogens is 3. The second-order valence-corrected chi connectivity index (χ2v) is 4.89. The van der Waals surface area contributed by atoms with Crippen molar-refractivity contribution in [2.75, 3.05) is 5.75 Å². The van der Waals surface area contributed by atoms with Crippen LogP contribution in [0.2, 0.25) is 0 Å². The fraction of sp³-hybridized carbons (Fsp3) is 1.00. The van der Waals surface area contributed by atoms with Crippen LogP contribution in [0, 0.1) is 11.8 Å². The molecule has 0 radical (unpaired) electrons. The highest BCUT2D eigenvalue weighted by molar-refractivity contribution is 8.00. The van der Waals surface area contributed by atoms with Crippen molar-refractivity contribution in [3.8, 4) is 0 Å². The van der Waals surface area contributed by atoms with Gasteiger partial charge in [0, 0.05) is 5.75 Å². The Kier molecular flexibility index (Phi) is 5.90. The zero-order chi connectivity index (χ0) is 11.4. The minimum atomic E-state index is -4.15. The maximum absolute atomic E-state index is 11.8. The highest BCUT2D eigenvalue weighted by Gasteiger charge is 2.29. The van der Waals surface area contributed by atoms with E-state index >= 15 is 0 Å². The van der Waals surface area contributed by atoms with E-state index in [1.165, 1.54) is 0 Å². The van der Waals surface area contributed by atoms with E-state index in [1.807, 2.05) is 13.8 Å². The molecule has 1 nitrogen and oxygen atoms in total. The van der Waals surface area contributed by atoms with Crippen molar-refractivity contribution in [3.05, 3.63) is 0 Å². The summed E-state index contributed by atoms with van der Waals surface area (Å²) in [6, 6.07) is 0. The van der Waals surface area contributed by atoms with Crippen molar-refractivity contribution in [2.45, 2.75) is 38.8 Å². The van der Waals surface area contributed by atoms with Crippen molar-refractivity contribution >= 4 is 11.8 Å². The highest BCUT2D eigenvalue weighted by atomic mass is 32.2. The number of rotatable bonds is 5. The first kappa shape index (κ1) is 14.1. The van der Waals surface area contributed by atoms with Gasteiger partial charge in [-0.05, 0) is 25.2 Å². The van der Waals surface area contributed by atoms with Crippen molar-refractivity contribution in [2.24, 2.45) is 11.8 Å². The molecule has 1 N–H and O–H groups in total. The third kappa shape index (κ3) is 6.54. The van der Waals surface area contributed by atoms with E-state index in [1.54, 1.807) is 6.92 Å². The Hall–Kier alpha value is 0.1000.